The molecule has 3 nitrogen and oxygen atoms in total. The van der Waals surface area contributed by atoms with Crippen LogP contribution in [0.2, 0.25) is 0 Å². The van der Waals surface area contributed by atoms with Gasteiger partial charge in [-0.25, -0.2) is 0 Å². The van der Waals surface area contributed by atoms with Gasteiger partial charge in [0.15, 0.2) is 0 Å². The van der Waals surface area contributed by atoms with E-state index in [1.807, 2.05) is 42.5 Å². The Bertz CT molecular complexity index is 694. The average molecular weight is 381 g/mol. The predicted molar refractivity (Wildman–Crippen MR) is 91.2 cm³/mol. The second kappa shape index (κ2) is 5.93. The third kappa shape index (κ3) is 2.39. The van der Waals surface area contributed by atoms with E-state index in [-0.39, 0.29) is 5.92 Å². The Morgan fingerprint density at radius 1 is 1.05 bits per heavy atom. The normalized spacial score (nSPS) is 24.2. The fraction of sp³-hybridized carbons (Fsp3) is 0.294. The van der Waals surface area contributed by atoms with E-state index in [0.29, 0.717) is 0 Å². The molecule has 2 aromatic rings. The van der Waals surface area contributed by atoms with Gasteiger partial charge in [0.1, 0.15) is 5.16 Å². The molecule has 3 rings (SSSR count). The highest BCUT2D eigenvalue weighted by atomic mass is 79.9. The van der Waals surface area contributed by atoms with Crippen molar-refractivity contribution >= 4 is 23.5 Å². The van der Waals surface area contributed by atoms with Gasteiger partial charge in [-0.15, -0.1) is 0 Å². The molecule has 1 aliphatic rings. The molecule has 1 saturated carbocycles. The summed E-state index contributed by atoms with van der Waals surface area (Å²) < 4.78 is 25.0. The highest BCUT2D eigenvalue weighted by molar-refractivity contribution is 9.10. The largest absolute Gasteiger partial charge is 0.341 e. The summed E-state index contributed by atoms with van der Waals surface area (Å²) in [5.41, 5.74) is 2.16. The highest BCUT2D eigenvalue weighted by Gasteiger charge is 2.68. The topological polar surface area (TPSA) is 35.5 Å². The summed E-state index contributed by atoms with van der Waals surface area (Å²) in [5, 5.41) is -0.599. The van der Waals surface area contributed by atoms with Gasteiger partial charge in [0.25, 0.3) is 0 Å². The van der Waals surface area contributed by atoms with E-state index in [2.05, 4.69) is 28.1 Å². The lowest BCUT2D eigenvalue weighted by atomic mass is 10.0. The second-order valence-electron chi connectivity index (χ2n) is 5.46. The average Bonchev–Trinajstić information content (AvgIpc) is 3.33. The number of rotatable bonds is 5. The molecular formula is C17H18BrO3P. The van der Waals surface area contributed by atoms with Crippen LogP contribution in [0.3, 0.4) is 0 Å². The molecule has 0 aliphatic heterocycles. The maximum atomic E-state index is 13.2. The lowest BCUT2D eigenvalue weighted by molar-refractivity contribution is 0.261. The minimum absolute atomic E-state index is 0.139. The minimum Gasteiger partial charge on any atom is -0.311 e. The molecule has 0 aromatic heterocycles. The van der Waals surface area contributed by atoms with Crippen LogP contribution in [0.1, 0.15) is 23.5 Å². The van der Waals surface area contributed by atoms with Crippen molar-refractivity contribution in [1.82, 2.24) is 0 Å². The Morgan fingerprint density at radius 2 is 1.64 bits per heavy atom. The molecule has 0 heterocycles. The zero-order valence-corrected chi connectivity index (χ0v) is 15.0. The van der Waals surface area contributed by atoms with E-state index in [1.54, 1.807) is 0 Å². The van der Waals surface area contributed by atoms with Crippen LogP contribution in [0, 0.1) is 0 Å². The first-order valence-electron chi connectivity index (χ1n) is 7.10. The Morgan fingerprint density at radius 3 is 2.18 bits per heavy atom. The van der Waals surface area contributed by atoms with E-state index in [9.17, 15) is 4.57 Å². The molecule has 5 heteroatoms. The molecule has 2 atom stereocenters. The van der Waals surface area contributed by atoms with Gasteiger partial charge in [-0.2, -0.15) is 0 Å². The minimum atomic E-state index is -3.25. The molecule has 0 amide bonds. The summed E-state index contributed by atoms with van der Waals surface area (Å²) in [7, 11) is -0.320. The maximum Gasteiger partial charge on any atom is 0.341 e. The third-order valence-electron chi connectivity index (χ3n) is 4.45. The summed E-state index contributed by atoms with van der Waals surface area (Å²) in [6.07, 6.45) is 0.762. The fourth-order valence-electron chi connectivity index (χ4n) is 3.25. The molecule has 0 spiro atoms. The van der Waals surface area contributed by atoms with Crippen molar-refractivity contribution in [3.63, 3.8) is 0 Å². The molecule has 1 fully saturated rings. The molecule has 0 bridgehead atoms. The smallest absolute Gasteiger partial charge is 0.311 e. The van der Waals surface area contributed by atoms with E-state index >= 15 is 0 Å². The van der Waals surface area contributed by atoms with Gasteiger partial charge in [-0.05, 0) is 29.7 Å². The van der Waals surface area contributed by atoms with Crippen molar-refractivity contribution in [2.75, 3.05) is 14.2 Å². The molecule has 22 heavy (non-hydrogen) atoms. The Balaban J connectivity index is 2.10. The molecule has 1 aliphatic carbocycles. The number of hydrogen-bond donors (Lipinski definition) is 0. The first-order valence-corrected chi connectivity index (χ1v) is 9.43. The van der Waals surface area contributed by atoms with Gasteiger partial charge >= 0.3 is 7.60 Å². The maximum absolute atomic E-state index is 13.2. The van der Waals surface area contributed by atoms with Crippen LogP contribution in [-0.4, -0.2) is 14.2 Å². The zero-order chi connectivity index (χ0) is 15.8. The van der Waals surface area contributed by atoms with E-state index < -0.39 is 12.8 Å². The zero-order valence-electron chi connectivity index (χ0n) is 12.5. The Kier molecular flexibility index (Phi) is 4.30. The molecule has 116 valence electrons. The number of hydrogen-bond acceptors (Lipinski definition) is 3. The number of halogens is 1. The van der Waals surface area contributed by atoms with Crippen LogP contribution in [-0.2, 0) is 18.8 Å². The highest BCUT2D eigenvalue weighted by Crippen LogP contribution is 2.81. The predicted octanol–water partition coefficient (Wildman–Crippen LogP) is 5.32. The number of benzene rings is 2. The standard InChI is InChI=1S/C17H18BrO3P/c1-20-22(19,21-2)17(14-8-10-15(18)11-9-14)12-16(17)13-6-4-3-5-7-13/h3-11,16H,12H2,1-2H3/t16-,17+/m0/s1. The van der Waals surface area contributed by atoms with Crippen molar-refractivity contribution < 1.29 is 13.6 Å². The monoisotopic (exact) mass is 380 g/mol. The molecule has 0 unspecified atom stereocenters. The summed E-state index contributed by atoms with van der Waals surface area (Å²) >= 11 is 3.45. The van der Waals surface area contributed by atoms with Crippen LogP contribution < -0.4 is 0 Å². The first kappa shape index (κ1) is 15.9. The van der Waals surface area contributed by atoms with E-state index in [1.165, 1.54) is 19.8 Å². The first-order chi connectivity index (χ1) is 10.6. The molecular weight excluding hydrogens is 363 g/mol. The van der Waals surface area contributed by atoms with Gasteiger partial charge in [-0.1, -0.05) is 58.4 Å². The van der Waals surface area contributed by atoms with Crippen molar-refractivity contribution in [3.05, 3.63) is 70.2 Å². The van der Waals surface area contributed by atoms with Crippen molar-refractivity contribution in [2.24, 2.45) is 0 Å². The Hall–Kier alpha value is -0.930. The summed E-state index contributed by atoms with van der Waals surface area (Å²) in [4.78, 5) is 0. The van der Waals surface area contributed by atoms with Crippen LogP contribution >= 0.6 is 23.5 Å². The van der Waals surface area contributed by atoms with Crippen molar-refractivity contribution in [2.45, 2.75) is 17.5 Å². The van der Waals surface area contributed by atoms with Crippen LogP contribution in [0.15, 0.2) is 59.1 Å². The molecule has 2 aromatic carbocycles. The van der Waals surface area contributed by atoms with Gasteiger partial charge < -0.3 is 9.05 Å². The lowest BCUT2D eigenvalue weighted by Gasteiger charge is -2.26. The quantitative estimate of drug-likeness (QED) is 0.658. The molecule has 0 radical (unpaired) electrons. The third-order valence-corrected chi connectivity index (χ3v) is 7.67. The van der Waals surface area contributed by atoms with Crippen LogP contribution in [0.25, 0.3) is 0 Å². The summed E-state index contributed by atoms with van der Waals surface area (Å²) in [5.74, 6) is 0.139. The van der Waals surface area contributed by atoms with Gasteiger partial charge in [-0.3, -0.25) is 4.57 Å². The van der Waals surface area contributed by atoms with E-state index in [0.717, 1.165) is 16.5 Å². The van der Waals surface area contributed by atoms with Gasteiger partial charge in [0.05, 0.1) is 0 Å². The SMILES string of the molecule is COP(=O)(OC)[C@@]1(c2ccc(Br)cc2)C[C@H]1c1ccccc1. The summed E-state index contributed by atoms with van der Waals surface area (Å²) in [6, 6.07) is 18.1. The lowest BCUT2D eigenvalue weighted by Crippen LogP contribution is -2.13. The second-order valence-corrected chi connectivity index (χ2v) is 8.90. The van der Waals surface area contributed by atoms with Gasteiger partial charge in [0.2, 0.25) is 0 Å². The van der Waals surface area contributed by atoms with Crippen molar-refractivity contribution in [3.8, 4) is 0 Å². The van der Waals surface area contributed by atoms with Crippen LogP contribution in [0.5, 0.6) is 0 Å². The van der Waals surface area contributed by atoms with Crippen molar-refractivity contribution in [1.29, 1.82) is 0 Å². The van der Waals surface area contributed by atoms with Crippen LogP contribution in [0.4, 0.5) is 0 Å². The molecule has 0 N–H and O–H groups in total. The molecule has 0 saturated heterocycles. The summed E-state index contributed by atoms with van der Waals surface area (Å²) in [6.45, 7) is 0. The van der Waals surface area contributed by atoms with E-state index in [4.69, 9.17) is 9.05 Å². The van der Waals surface area contributed by atoms with Gasteiger partial charge in [0, 0.05) is 24.6 Å². The Labute approximate surface area is 139 Å². The fourth-order valence-corrected chi connectivity index (χ4v) is 5.72.